The summed E-state index contributed by atoms with van der Waals surface area (Å²) in [6.07, 6.45) is 7.30. The van der Waals surface area contributed by atoms with Gasteiger partial charge in [-0.3, -0.25) is 0 Å². The molecule has 0 saturated heterocycles. The van der Waals surface area contributed by atoms with E-state index >= 15 is 0 Å². The minimum atomic E-state index is 0.506. The van der Waals surface area contributed by atoms with Gasteiger partial charge in [0.2, 0.25) is 0 Å². The molecular formula is C16H19N3O. The van der Waals surface area contributed by atoms with Gasteiger partial charge in [-0.1, -0.05) is 18.0 Å². The molecule has 0 amide bonds. The first-order chi connectivity index (χ1) is 9.90. The van der Waals surface area contributed by atoms with Crippen molar-refractivity contribution >= 4 is 5.69 Å². The van der Waals surface area contributed by atoms with Crippen molar-refractivity contribution in [3.05, 3.63) is 29.6 Å². The lowest BCUT2D eigenvalue weighted by molar-refractivity contribution is 0.415. The molecular weight excluding hydrogens is 250 g/mol. The Labute approximate surface area is 118 Å². The summed E-state index contributed by atoms with van der Waals surface area (Å²) in [5.41, 5.74) is 3.65. The van der Waals surface area contributed by atoms with Crippen LogP contribution in [-0.4, -0.2) is 16.7 Å². The van der Waals surface area contributed by atoms with Crippen LogP contribution in [0.5, 0.6) is 0 Å². The largest absolute Gasteiger partial charge is 0.385 e. The van der Waals surface area contributed by atoms with Gasteiger partial charge in [0.15, 0.2) is 5.82 Å². The zero-order valence-electron chi connectivity index (χ0n) is 11.6. The molecule has 0 atom stereocenters. The quantitative estimate of drug-likeness (QED) is 0.902. The number of nitrogens with one attached hydrogen (secondary N) is 1. The third kappa shape index (κ3) is 2.09. The lowest BCUT2D eigenvalue weighted by Crippen LogP contribution is -2.11. The van der Waals surface area contributed by atoms with E-state index in [4.69, 9.17) is 4.52 Å². The van der Waals surface area contributed by atoms with Crippen LogP contribution in [0.3, 0.4) is 0 Å². The van der Waals surface area contributed by atoms with Crippen LogP contribution in [0.1, 0.15) is 49.4 Å². The predicted octanol–water partition coefficient (Wildman–Crippen LogP) is 3.75. The van der Waals surface area contributed by atoms with Crippen molar-refractivity contribution in [2.75, 3.05) is 11.9 Å². The summed E-state index contributed by atoms with van der Waals surface area (Å²) >= 11 is 0. The summed E-state index contributed by atoms with van der Waals surface area (Å²) in [5, 5.41) is 7.61. The minimum absolute atomic E-state index is 0.506. The van der Waals surface area contributed by atoms with Crippen molar-refractivity contribution in [2.24, 2.45) is 0 Å². The number of hydrogen-bond donors (Lipinski definition) is 1. The maximum atomic E-state index is 5.47. The van der Waals surface area contributed by atoms with E-state index in [2.05, 4.69) is 33.7 Å². The number of hydrogen-bond acceptors (Lipinski definition) is 4. The highest BCUT2D eigenvalue weighted by molar-refractivity contribution is 5.63. The SMILES string of the molecule is c1cc2c(cc1-c1nc(C3CCCC3)no1)CCCN2. The summed E-state index contributed by atoms with van der Waals surface area (Å²) in [7, 11) is 0. The normalized spacial score (nSPS) is 18.8. The second-order valence-electron chi connectivity index (χ2n) is 5.84. The molecule has 104 valence electrons. The number of aromatic nitrogens is 2. The van der Waals surface area contributed by atoms with E-state index < -0.39 is 0 Å². The van der Waals surface area contributed by atoms with E-state index in [9.17, 15) is 0 Å². The fraction of sp³-hybridized carbons (Fsp3) is 0.500. The first-order valence-corrected chi connectivity index (χ1v) is 7.61. The maximum Gasteiger partial charge on any atom is 0.257 e. The first kappa shape index (κ1) is 11.9. The molecule has 0 bridgehead atoms. The zero-order valence-corrected chi connectivity index (χ0v) is 11.6. The first-order valence-electron chi connectivity index (χ1n) is 7.61. The molecule has 4 heteroatoms. The molecule has 2 aliphatic rings. The average Bonchev–Trinajstić information content (AvgIpc) is 3.17. The Morgan fingerprint density at radius 1 is 1.15 bits per heavy atom. The van der Waals surface area contributed by atoms with Gasteiger partial charge in [-0.2, -0.15) is 4.98 Å². The second-order valence-corrected chi connectivity index (χ2v) is 5.84. The van der Waals surface area contributed by atoms with Crippen LogP contribution in [0.2, 0.25) is 0 Å². The van der Waals surface area contributed by atoms with Crippen LogP contribution in [0.25, 0.3) is 11.5 Å². The monoisotopic (exact) mass is 269 g/mol. The zero-order chi connectivity index (χ0) is 13.4. The molecule has 0 radical (unpaired) electrons. The third-order valence-electron chi connectivity index (χ3n) is 4.45. The molecule has 1 saturated carbocycles. The van der Waals surface area contributed by atoms with E-state index in [1.165, 1.54) is 43.4 Å². The van der Waals surface area contributed by atoms with E-state index in [1.54, 1.807) is 0 Å². The van der Waals surface area contributed by atoms with E-state index in [1.807, 2.05) is 0 Å². The lowest BCUT2D eigenvalue weighted by Gasteiger charge is -2.17. The highest BCUT2D eigenvalue weighted by atomic mass is 16.5. The average molecular weight is 269 g/mol. The molecule has 2 heterocycles. The number of benzene rings is 1. The molecule has 0 spiro atoms. The molecule has 4 nitrogen and oxygen atoms in total. The molecule has 1 aliphatic heterocycles. The van der Waals surface area contributed by atoms with Crippen LogP contribution in [0.4, 0.5) is 5.69 Å². The Kier molecular flexibility index (Phi) is 2.94. The Hall–Kier alpha value is -1.84. The number of rotatable bonds is 2. The Morgan fingerprint density at radius 3 is 2.95 bits per heavy atom. The van der Waals surface area contributed by atoms with Crippen molar-refractivity contribution in [3.8, 4) is 11.5 Å². The maximum absolute atomic E-state index is 5.47. The van der Waals surface area contributed by atoms with Gasteiger partial charge < -0.3 is 9.84 Å². The number of anilines is 1. The summed E-state index contributed by atoms with van der Waals surface area (Å²) in [6.45, 7) is 1.07. The molecule has 1 aliphatic carbocycles. The number of nitrogens with zero attached hydrogens (tertiary/aromatic N) is 2. The number of aryl methyl sites for hydroxylation is 1. The second kappa shape index (κ2) is 4.93. The van der Waals surface area contributed by atoms with Gasteiger partial charge in [0.1, 0.15) is 0 Å². The summed E-state index contributed by atoms with van der Waals surface area (Å²) in [5.74, 6) is 2.07. The molecule has 1 fully saturated rings. The highest BCUT2D eigenvalue weighted by Crippen LogP contribution is 2.34. The van der Waals surface area contributed by atoms with Crippen molar-refractivity contribution in [1.29, 1.82) is 0 Å². The minimum Gasteiger partial charge on any atom is -0.385 e. The van der Waals surface area contributed by atoms with E-state index in [-0.39, 0.29) is 0 Å². The van der Waals surface area contributed by atoms with Crippen molar-refractivity contribution < 1.29 is 4.52 Å². The lowest BCUT2D eigenvalue weighted by atomic mass is 10.0. The summed E-state index contributed by atoms with van der Waals surface area (Å²) in [4.78, 5) is 4.61. The number of fused-ring (bicyclic) bond motifs is 1. The Bertz CT molecular complexity index is 614. The highest BCUT2D eigenvalue weighted by Gasteiger charge is 2.23. The Balaban J connectivity index is 1.63. The molecule has 1 aromatic carbocycles. The van der Waals surface area contributed by atoms with Crippen LogP contribution in [0, 0.1) is 0 Å². The van der Waals surface area contributed by atoms with Crippen LogP contribution in [0.15, 0.2) is 22.7 Å². The molecule has 1 aromatic heterocycles. The summed E-state index contributed by atoms with van der Waals surface area (Å²) < 4.78 is 5.47. The van der Waals surface area contributed by atoms with Crippen molar-refractivity contribution in [2.45, 2.75) is 44.4 Å². The molecule has 4 rings (SSSR count). The van der Waals surface area contributed by atoms with Gasteiger partial charge in [-0.25, -0.2) is 0 Å². The Morgan fingerprint density at radius 2 is 2.05 bits per heavy atom. The molecule has 2 aromatic rings. The van der Waals surface area contributed by atoms with E-state index in [0.29, 0.717) is 11.8 Å². The van der Waals surface area contributed by atoms with Crippen LogP contribution in [-0.2, 0) is 6.42 Å². The standard InChI is InChI=1S/C16H19N3O/c1-2-5-11(4-1)15-18-16(20-19-15)13-7-8-14-12(10-13)6-3-9-17-14/h7-8,10-11,17H,1-6,9H2. The topological polar surface area (TPSA) is 51.0 Å². The predicted molar refractivity (Wildman–Crippen MR) is 77.8 cm³/mol. The smallest absolute Gasteiger partial charge is 0.257 e. The van der Waals surface area contributed by atoms with Crippen molar-refractivity contribution in [3.63, 3.8) is 0 Å². The van der Waals surface area contributed by atoms with Crippen LogP contribution >= 0.6 is 0 Å². The molecule has 0 unspecified atom stereocenters. The fourth-order valence-electron chi connectivity index (χ4n) is 3.31. The van der Waals surface area contributed by atoms with Gasteiger partial charge in [0.05, 0.1) is 0 Å². The fourth-order valence-corrected chi connectivity index (χ4v) is 3.31. The van der Waals surface area contributed by atoms with Crippen molar-refractivity contribution in [1.82, 2.24) is 10.1 Å². The molecule has 1 N–H and O–H groups in total. The molecule has 20 heavy (non-hydrogen) atoms. The van der Waals surface area contributed by atoms with Gasteiger partial charge in [0.25, 0.3) is 5.89 Å². The van der Waals surface area contributed by atoms with Gasteiger partial charge >= 0.3 is 0 Å². The summed E-state index contributed by atoms with van der Waals surface area (Å²) in [6, 6.07) is 6.39. The van der Waals surface area contributed by atoms with E-state index in [0.717, 1.165) is 24.4 Å². The third-order valence-corrected chi connectivity index (χ3v) is 4.45. The van der Waals surface area contributed by atoms with Gasteiger partial charge in [-0.15, -0.1) is 0 Å². The van der Waals surface area contributed by atoms with Gasteiger partial charge in [0, 0.05) is 23.7 Å². The van der Waals surface area contributed by atoms with Crippen LogP contribution < -0.4 is 5.32 Å². The van der Waals surface area contributed by atoms with Gasteiger partial charge in [-0.05, 0) is 49.4 Å².